The van der Waals surface area contributed by atoms with Crippen molar-refractivity contribution in [2.45, 2.75) is 19.8 Å². The molecule has 8 heteroatoms. The Morgan fingerprint density at radius 1 is 1.27 bits per heavy atom. The zero-order valence-electron chi connectivity index (χ0n) is 14.6. The lowest BCUT2D eigenvalue weighted by molar-refractivity contribution is 0.0986. The van der Waals surface area contributed by atoms with Crippen molar-refractivity contribution in [3.8, 4) is 0 Å². The van der Waals surface area contributed by atoms with Gasteiger partial charge in [-0.3, -0.25) is 9.48 Å². The van der Waals surface area contributed by atoms with Gasteiger partial charge in [-0.15, -0.1) is 24.8 Å². The molecule has 1 aliphatic rings. The predicted molar refractivity (Wildman–Crippen MR) is 109 cm³/mol. The van der Waals surface area contributed by atoms with E-state index in [-0.39, 0.29) is 30.7 Å². The minimum Gasteiger partial charge on any atom is -0.398 e. The summed E-state index contributed by atoms with van der Waals surface area (Å²) in [6, 6.07) is 7.60. The second kappa shape index (κ2) is 7.51. The topological polar surface area (TPSA) is 77.0 Å². The minimum atomic E-state index is -0.0231. The Labute approximate surface area is 164 Å². The number of fused-ring (bicyclic) bond motifs is 2. The van der Waals surface area contributed by atoms with Crippen LogP contribution in [0.15, 0.2) is 30.5 Å². The summed E-state index contributed by atoms with van der Waals surface area (Å²) in [4.78, 5) is 19.6. The van der Waals surface area contributed by atoms with Gasteiger partial charge in [0.2, 0.25) is 0 Å². The van der Waals surface area contributed by atoms with E-state index >= 15 is 0 Å². The summed E-state index contributed by atoms with van der Waals surface area (Å²) in [5.74, 6) is -0.0231. The summed E-state index contributed by atoms with van der Waals surface area (Å²) in [6.07, 6.45) is 3.52. The van der Waals surface area contributed by atoms with Gasteiger partial charge in [0.15, 0.2) is 5.65 Å². The third kappa shape index (κ3) is 3.10. The fraction of sp³-hybridized carbons (Fsp3) is 0.278. The molecule has 0 spiro atoms. The number of benzene rings is 1. The summed E-state index contributed by atoms with van der Waals surface area (Å²) in [6.45, 7) is 2.59. The maximum atomic E-state index is 13.3. The van der Waals surface area contributed by atoms with Crippen molar-refractivity contribution in [3.05, 3.63) is 47.3 Å². The number of halogens is 2. The maximum absolute atomic E-state index is 13.3. The first-order valence-corrected chi connectivity index (χ1v) is 8.05. The maximum Gasteiger partial charge on any atom is 0.259 e. The third-order valence-corrected chi connectivity index (χ3v) is 4.60. The van der Waals surface area contributed by atoms with Gasteiger partial charge in [0.1, 0.15) is 0 Å². The fourth-order valence-corrected chi connectivity index (χ4v) is 3.42. The predicted octanol–water partition coefficient (Wildman–Crippen LogP) is 3.30. The Hall–Kier alpha value is -2.31. The average Bonchev–Trinajstić information content (AvgIpc) is 2.95. The van der Waals surface area contributed by atoms with Crippen LogP contribution in [-0.2, 0) is 13.5 Å². The lowest BCUT2D eigenvalue weighted by Crippen LogP contribution is -2.36. The number of nitrogen functional groups attached to an aromatic ring is 1. The van der Waals surface area contributed by atoms with Crippen LogP contribution < -0.4 is 10.6 Å². The van der Waals surface area contributed by atoms with Crippen molar-refractivity contribution >= 4 is 53.1 Å². The molecule has 0 saturated heterocycles. The van der Waals surface area contributed by atoms with Crippen LogP contribution >= 0.6 is 24.8 Å². The molecule has 2 aromatic heterocycles. The standard InChI is InChI=1S/C18H19N5O.2ClH/c1-11-9-13(14-10-20-22(2)17(14)21-11)18(24)23-8-4-5-12-15(19)6-3-7-16(12)23;;/h3,6-7,9-10H,4-5,8,19H2,1-2H3;2*1H. The van der Waals surface area contributed by atoms with Gasteiger partial charge >= 0.3 is 0 Å². The van der Waals surface area contributed by atoms with E-state index in [1.165, 1.54) is 0 Å². The number of pyridine rings is 1. The lowest BCUT2D eigenvalue weighted by Gasteiger charge is -2.30. The molecule has 0 fully saturated rings. The Balaban J connectivity index is 0.00000121. The van der Waals surface area contributed by atoms with Gasteiger partial charge in [0, 0.05) is 30.7 Å². The molecule has 3 heterocycles. The van der Waals surface area contributed by atoms with Crippen LogP contribution in [0.3, 0.4) is 0 Å². The first-order chi connectivity index (χ1) is 11.6. The van der Waals surface area contributed by atoms with Crippen LogP contribution in [0.2, 0.25) is 0 Å². The Kier molecular flexibility index (Phi) is 5.78. The SMILES string of the molecule is Cc1cc(C(=O)N2CCCc3c(N)cccc32)c2cnn(C)c2n1.Cl.Cl. The van der Waals surface area contributed by atoms with Crippen molar-refractivity contribution in [1.82, 2.24) is 14.8 Å². The van der Waals surface area contributed by atoms with E-state index < -0.39 is 0 Å². The highest BCUT2D eigenvalue weighted by atomic mass is 35.5. The molecular weight excluding hydrogens is 373 g/mol. The van der Waals surface area contributed by atoms with Gasteiger partial charge in [0.05, 0.1) is 17.1 Å². The largest absolute Gasteiger partial charge is 0.398 e. The Morgan fingerprint density at radius 3 is 2.81 bits per heavy atom. The van der Waals surface area contributed by atoms with E-state index in [9.17, 15) is 4.79 Å². The molecule has 0 bridgehead atoms. The molecule has 0 unspecified atom stereocenters. The summed E-state index contributed by atoms with van der Waals surface area (Å²) in [7, 11) is 1.83. The average molecular weight is 394 g/mol. The molecule has 2 N–H and O–H groups in total. The van der Waals surface area contributed by atoms with Crippen molar-refractivity contribution in [2.24, 2.45) is 7.05 Å². The molecule has 138 valence electrons. The number of aryl methyl sites for hydroxylation is 2. The van der Waals surface area contributed by atoms with E-state index in [4.69, 9.17) is 5.73 Å². The van der Waals surface area contributed by atoms with Gasteiger partial charge in [-0.2, -0.15) is 5.10 Å². The van der Waals surface area contributed by atoms with Crippen molar-refractivity contribution in [3.63, 3.8) is 0 Å². The summed E-state index contributed by atoms with van der Waals surface area (Å²) >= 11 is 0. The molecule has 0 atom stereocenters. The van der Waals surface area contributed by atoms with Gasteiger partial charge in [0.25, 0.3) is 5.91 Å². The molecule has 1 aliphatic heterocycles. The van der Waals surface area contributed by atoms with Gasteiger partial charge in [-0.1, -0.05) is 6.07 Å². The zero-order chi connectivity index (χ0) is 16.8. The number of aromatic nitrogens is 3. The number of carbonyl (C=O) groups is 1. The molecule has 0 aliphatic carbocycles. The van der Waals surface area contributed by atoms with Gasteiger partial charge in [-0.25, -0.2) is 4.98 Å². The lowest BCUT2D eigenvalue weighted by atomic mass is 9.98. The minimum absolute atomic E-state index is 0. The number of carbonyl (C=O) groups excluding carboxylic acids is 1. The number of hydrogen-bond acceptors (Lipinski definition) is 4. The molecule has 4 rings (SSSR count). The van der Waals surface area contributed by atoms with Crippen LogP contribution in [0.25, 0.3) is 11.0 Å². The van der Waals surface area contributed by atoms with Crippen LogP contribution in [0.4, 0.5) is 11.4 Å². The quantitative estimate of drug-likeness (QED) is 0.643. The van der Waals surface area contributed by atoms with Crippen molar-refractivity contribution in [1.29, 1.82) is 0 Å². The van der Waals surface area contributed by atoms with Gasteiger partial charge < -0.3 is 10.6 Å². The van der Waals surface area contributed by atoms with Gasteiger partial charge in [-0.05, 0) is 43.5 Å². The smallest absolute Gasteiger partial charge is 0.259 e. The van der Waals surface area contributed by atoms with Crippen LogP contribution in [0.5, 0.6) is 0 Å². The highest BCUT2D eigenvalue weighted by Gasteiger charge is 2.26. The Morgan fingerprint density at radius 2 is 2.04 bits per heavy atom. The van der Waals surface area contributed by atoms with Crippen molar-refractivity contribution in [2.75, 3.05) is 17.2 Å². The highest BCUT2D eigenvalue weighted by Crippen LogP contribution is 2.33. The third-order valence-electron chi connectivity index (χ3n) is 4.60. The summed E-state index contributed by atoms with van der Waals surface area (Å²) in [5, 5.41) is 5.03. The van der Waals surface area contributed by atoms with Crippen LogP contribution in [0.1, 0.15) is 28.0 Å². The second-order valence-corrected chi connectivity index (χ2v) is 6.22. The monoisotopic (exact) mass is 393 g/mol. The van der Waals surface area contributed by atoms with E-state index in [0.717, 1.165) is 46.5 Å². The summed E-state index contributed by atoms with van der Waals surface area (Å²) < 4.78 is 1.70. The van der Waals surface area contributed by atoms with E-state index in [1.54, 1.807) is 10.9 Å². The van der Waals surface area contributed by atoms with Crippen LogP contribution in [0, 0.1) is 6.92 Å². The molecule has 6 nitrogen and oxygen atoms in total. The van der Waals surface area contributed by atoms with E-state index in [2.05, 4.69) is 10.1 Å². The molecule has 0 radical (unpaired) electrons. The number of hydrogen-bond donors (Lipinski definition) is 1. The first kappa shape index (κ1) is 20.0. The zero-order valence-corrected chi connectivity index (χ0v) is 16.2. The van der Waals surface area contributed by atoms with Crippen molar-refractivity contribution < 1.29 is 4.79 Å². The highest BCUT2D eigenvalue weighted by molar-refractivity contribution is 6.13. The number of rotatable bonds is 1. The molecule has 1 aromatic carbocycles. The van der Waals surface area contributed by atoms with E-state index in [0.29, 0.717) is 12.1 Å². The first-order valence-electron chi connectivity index (χ1n) is 8.05. The number of nitrogens with zero attached hydrogens (tertiary/aromatic N) is 4. The summed E-state index contributed by atoms with van der Waals surface area (Å²) in [5.41, 5.74) is 11.0. The number of nitrogens with two attached hydrogens (primary N) is 1. The Bertz CT molecular complexity index is 970. The molecule has 3 aromatic rings. The number of amides is 1. The normalized spacial score (nSPS) is 12.9. The molecular formula is C18H21Cl2N5O. The van der Waals surface area contributed by atoms with Crippen LogP contribution in [-0.4, -0.2) is 27.2 Å². The molecule has 1 amide bonds. The second-order valence-electron chi connectivity index (χ2n) is 6.22. The molecule has 26 heavy (non-hydrogen) atoms. The number of anilines is 2. The molecule has 0 saturated carbocycles. The van der Waals surface area contributed by atoms with E-state index in [1.807, 2.05) is 43.1 Å². The fourth-order valence-electron chi connectivity index (χ4n) is 3.42.